The molecule has 0 aliphatic heterocycles. The van der Waals surface area contributed by atoms with E-state index >= 15 is 0 Å². The van der Waals surface area contributed by atoms with Crippen LogP contribution in [0.25, 0.3) is 0 Å². The van der Waals surface area contributed by atoms with Crippen LogP contribution >= 0.6 is 0 Å². The number of nitrogens with one attached hydrogen (secondary N) is 1. The first-order chi connectivity index (χ1) is 9.54. The van der Waals surface area contributed by atoms with Crippen molar-refractivity contribution in [2.24, 2.45) is 5.73 Å². The van der Waals surface area contributed by atoms with E-state index in [1.54, 1.807) is 0 Å². The van der Waals surface area contributed by atoms with Crippen molar-refractivity contribution in [3.8, 4) is 0 Å². The zero-order valence-corrected chi connectivity index (χ0v) is 12.1. The highest BCUT2D eigenvalue weighted by Crippen LogP contribution is 2.10. The van der Waals surface area contributed by atoms with E-state index in [-0.39, 0.29) is 5.84 Å². The Morgan fingerprint density at radius 2 is 1.70 bits per heavy atom. The van der Waals surface area contributed by atoms with Crippen molar-refractivity contribution in [3.63, 3.8) is 0 Å². The molecule has 0 saturated heterocycles. The minimum absolute atomic E-state index is 0.115. The molecule has 0 radical (unpaired) electrons. The molecule has 0 heterocycles. The average molecular weight is 267 g/mol. The first-order valence-corrected chi connectivity index (χ1v) is 6.72. The van der Waals surface area contributed by atoms with Crippen molar-refractivity contribution in [1.82, 2.24) is 4.90 Å². The largest absolute Gasteiger partial charge is 0.384 e. The molecule has 0 atom stereocenters. The van der Waals surface area contributed by atoms with E-state index in [1.165, 1.54) is 16.7 Å². The molecule has 104 valence electrons. The zero-order valence-electron chi connectivity index (χ0n) is 12.1. The van der Waals surface area contributed by atoms with Gasteiger partial charge in [0.1, 0.15) is 5.84 Å². The van der Waals surface area contributed by atoms with Crippen molar-refractivity contribution < 1.29 is 0 Å². The SMILES string of the molecule is Cc1cccc(CN(C)Cc2ccc(C(=N)N)cc2)c1. The second-order valence-electron chi connectivity index (χ2n) is 5.27. The normalized spacial score (nSPS) is 10.8. The Morgan fingerprint density at radius 1 is 1.05 bits per heavy atom. The minimum Gasteiger partial charge on any atom is -0.384 e. The molecule has 2 aromatic rings. The quantitative estimate of drug-likeness (QED) is 0.646. The fourth-order valence-electron chi connectivity index (χ4n) is 2.28. The van der Waals surface area contributed by atoms with E-state index < -0.39 is 0 Å². The van der Waals surface area contributed by atoms with Gasteiger partial charge in [-0.2, -0.15) is 0 Å². The summed E-state index contributed by atoms with van der Waals surface area (Å²) in [6.45, 7) is 3.92. The summed E-state index contributed by atoms with van der Waals surface area (Å²) in [6.07, 6.45) is 0. The number of hydrogen-bond donors (Lipinski definition) is 2. The fourth-order valence-corrected chi connectivity index (χ4v) is 2.28. The average Bonchev–Trinajstić information content (AvgIpc) is 2.39. The zero-order chi connectivity index (χ0) is 14.5. The molecule has 0 amide bonds. The number of aryl methyl sites for hydroxylation is 1. The Balaban J connectivity index is 1.97. The molecule has 0 aliphatic rings. The topological polar surface area (TPSA) is 53.1 Å². The number of amidine groups is 1. The van der Waals surface area contributed by atoms with Crippen LogP contribution in [0.1, 0.15) is 22.3 Å². The third-order valence-electron chi connectivity index (χ3n) is 3.25. The van der Waals surface area contributed by atoms with Gasteiger partial charge in [0.2, 0.25) is 0 Å². The molecular weight excluding hydrogens is 246 g/mol. The smallest absolute Gasteiger partial charge is 0.122 e. The first kappa shape index (κ1) is 14.3. The monoisotopic (exact) mass is 267 g/mol. The molecule has 2 rings (SSSR count). The third kappa shape index (κ3) is 3.93. The summed E-state index contributed by atoms with van der Waals surface area (Å²) >= 11 is 0. The van der Waals surface area contributed by atoms with Crippen molar-refractivity contribution >= 4 is 5.84 Å². The Labute approximate surface area is 120 Å². The van der Waals surface area contributed by atoms with Crippen molar-refractivity contribution in [3.05, 3.63) is 70.8 Å². The van der Waals surface area contributed by atoms with E-state index in [9.17, 15) is 0 Å². The van der Waals surface area contributed by atoms with Crippen LogP contribution in [-0.2, 0) is 13.1 Å². The molecule has 0 spiro atoms. The molecular formula is C17H21N3. The Bertz CT molecular complexity index is 587. The maximum atomic E-state index is 7.38. The molecule has 0 bridgehead atoms. The van der Waals surface area contributed by atoms with Crippen molar-refractivity contribution in [2.45, 2.75) is 20.0 Å². The summed E-state index contributed by atoms with van der Waals surface area (Å²) in [7, 11) is 2.11. The van der Waals surface area contributed by atoms with Gasteiger partial charge in [0.25, 0.3) is 0 Å². The molecule has 0 aliphatic carbocycles. The van der Waals surface area contributed by atoms with Crippen LogP contribution in [0.5, 0.6) is 0 Å². The summed E-state index contributed by atoms with van der Waals surface area (Å²) in [4.78, 5) is 2.28. The molecule has 0 unspecified atom stereocenters. The first-order valence-electron chi connectivity index (χ1n) is 6.72. The molecule has 0 aromatic heterocycles. The molecule has 3 nitrogen and oxygen atoms in total. The van der Waals surface area contributed by atoms with Crippen molar-refractivity contribution in [1.29, 1.82) is 5.41 Å². The highest BCUT2D eigenvalue weighted by Gasteiger charge is 2.03. The molecule has 0 fully saturated rings. The predicted octanol–water partition coefficient (Wildman–Crippen LogP) is 2.91. The lowest BCUT2D eigenvalue weighted by atomic mass is 10.1. The van der Waals surface area contributed by atoms with Crippen LogP contribution in [0.2, 0.25) is 0 Å². The van der Waals surface area contributed by atoms with Crippen LogP contribution in [0.3, 0.4) is 0 Å². The lowest BCUT2D eigenvalue weighted by molar-refractivity contribution is 0.319. The molecule has 0 saturated carbocycles. The van der Waals surface area contributed by atoms with E-state index in [4.69, 9.17) is 11.1 Å². The van der Waals surface area contributed by atoms with Gasteiger partial charge in [0.05, 0.1) is 0 Å². The van der Waals surface area contributed by atoms with Gasteiger partial charge in [0.15, 0.2) is 0 Å². The van der Waals surface area contributed by atoms with Crippen LogP contribution in [0.15, 0.2) is 48.5 Å². The Kier molecular flexibility index (Phi) is 4.53. The van der Waals surface area contributed by atoms with E-state index in [2.05, 4.69) is 43.1 Å². The number of nitrogens with zero attached hydrogens (tertiary/aromatic N) is 1. The van der Waals surface area contributed by atoms with E-state index in [0.29, 0.717) is 0 Å². The summed E-state index contributed by atoms with van der Waals surface area (Å²) in [5.41, 5.74) is 10.1. The maximum Gasteiger partial charge on any atom is 0.122 e. The fraction of sp³-hybridized carbons (Fsp3) is 0.235. The second-order valence-corrected chi connectivity index (χ2v) is 5.27. The summed E-state index contributed by atoms with van der Waals surface area (Å²) in [5.74, 6) is 0.115. The third-order valence-corrected chi connectivity index (χ3v) is 3.25. The summed E-state index contributed by atoms with van der Waals surface area (Å²) < 4.78 is 0. The summed E-state index contributed by atoms with van der Waals surface area (Å²) in [5, 5.41) is 7.38. The number of hydrogen-bond acceptors (Lipinski definition) is 2. The predicted molar refractivity (Wildman–Crippen MR) is 83.8 cm³/mol. The lowest BCUT2D eigenvalue weighted by Crippen LogP contribution is -2.17. The number of nitrogen functional groups attached to an aromatic ring is 1. The molecule has 3 N–H and O–H groups in total. The van der Waals surface area contributed by atoms with E-state index in [0.717, 1.165) is 18.7 Å². The highest BCUT2D eigenvalue weighted by molar-refractivity contribution is 5.94. The number of rotatable bonds is 5. The van der Waals surface area contributed by atoms with Gasteiger partial charge < -0.3 is 5.73 Å². The Morgan fingerprint density at radius 3 is 2.30 bits per heavy atom. The van der Waals surface area contributed by atoms with Crippen LogP contribution in [0.4, 0.5) is 0 Å². The van der Waals surface area contributed by atoms with Gasteiger partial charge in [0, 0.05) is 18.7 Å². The minimum atomic E-state index is 0.115. The van der Waals surface area contributed by atoms with Crippen LogP contribution < -0.4 is 5.73 Å². The van der Waals surface area contributed by atoms with Gasteiger partial charge in [-0.25, -0.2) is 0 Å². The van der Waals surface area contributed by atoms with Crippen LogP contribution in [-0.4, -0.2) is 17.8 Å². The van der Waals surface area contributed by atoms with Gasteiger partial charge in [-0.1, -0.05) is 54.1 Å². The summed E-state index contributed by atoms with van der Waals surface area (Å²) in [6, 6.07) is 16.4. The maximum absolute atomic E-state index is 7.38. The van der Waals surface area contributed by atoms with E-state index in [1.807, 2.05) is 24.3 Å². The number of benzene rings is 2. The van der Waals surface area contributed by atoms with Crippen molar-refractivity contribution in [2.75, 3.05) is 7.05 Å². The van der Waals surface area contributed by atoms with Gasteiger partial charge >= 0.3 is 0 Å². The van der Waals surface area contributed by atoms with Gasteiger partial charge in [-0.05, 0) is 25.1 Å². The van der Waals surface area contributed by atoms with Gasteiger partial charge in [-0.15, -0.1) is 0 Å². The Hall–Kier alpha value is -2.13. The lowest BCUT2D eigenvalue weighted by Gasteiger charge is -2.17. The molecule has 2 aromatic carbocycles. The number of nitrogens with two attached hydrogens (primary N) is 1. The highest BCUT2D eigenvalue weighted by atomic mass is 15.1. The molecule has 20 heavy (non-hydrogen) atoms. The van der Waals surface area contributed by atoms with Gasteiger partial charge in [-0.3, -0.25) is 10.3 Å². The standard InChI is InChI=1S/C17H21N3/c1-13-4-3-5-15(10-13)12-20(2)11-14-6-8-16(9-7-14)17(18)19/h3-10H,11-12H2,1-2H3,(H3,18,19). The second kappa shape index (κ2) is 6.35. The van der Waals surface area contributed by atoms with Crippen LogP contribution in [0, 0.1) is 12.3 Å². The molecule has 3 heteroatoms.